The number of nitrogens with zero attached hydrogens (tertiary/aromatic N) is 3. The van der Waals surface area contributed by atoms with E-state index in [4.69, 9.17) is 4.74 Å². The monoisotopic (exact) mass is 341 g/mol. The van der Waals surface area contributed by atoms with Crippen LogP contribution in [-0.2, 0) is 11.8 Å². The molecular formula is C20H27N3O2. The molecule has 4 rings (SSSR count). The Morgan fingerprint density at radius 2 is 1.92 bits per heavy atom. The van der Waals surface area contributed by atoms with Crippen molar-refractivity contribution in [3.8, 4) is 5.75 Å². The van der Waals surface area contributed by atoms with Gasteiger partial charge in [0, 0.05) is 57.8 Å². The molecule has 1 amide bonds. The van der Waals surface area contributed by atoms with Crippen LogP contribution in [0.15, 0.2) is 30.5 Å². The highest BCUT2D eigenvalue weighted by Gasteiger charge is 2.30. The van der Waals surface area contributed by atoms with Crippen molar-refractivity contribution in [2.75, 3.05) is 26.7 Å². The highest BCUT2D eigenvalue weighted by Crippen LogP contribution is 2.29. The average molecular weight is 341 g/mol. The molecule has 1 aromatic carbocycles. The fraction of sp³-hybridized carbons (Fsp3) is 0.550. The van der Waals surface area contributed by atoms with Crippen LogP contribution in [0.25, 0.3) is 10.9 Å². The van der Waals surface area contributed by atoms with Gasteiger partial charge in [-0.15, -0.1) is 0 Å². The summed E-state index contributed by atoms with van der Waals surface area (Å²) in [6, 6.07) is 8.80. The van der Waals surface area contributed by atoms with E-state index in [1.807, 2.05) is 11.9 Å². The molecule has 5 heteroatoms. The number of ether oxygens (including phenoxy) is 1. The Balaban J connectivity index is 1.33. The summed E-state index contributed by atoms with van der Waals surface area (Å²) in [6.07, 6.45) is 6.18. The lowest BCUT2D eigenvalue weighted by molar-refractivity contribution is -0.127. The van der Waals surface area contributed by atoms with Gasteiger partial charge >= 0.3 is 0 Å². The Labute approximate surface area is 149 Å². The molecule has 0 radical (unpaired) electrons. The van der Waals surface area contributed by atoms with Gasteiger partial charge in [0.1, 0.15) is 11.9 Å². The molecule has 1 aromatic heterocycles. The van der Waals surface area contributed by atoms with E-state index in [-0.39, 0.29) is 6.10 Å². The van der Waals surface area contributed by atoms with Crippen LogP contribution in [0.4, 0.5) is 0 Å². The first kappa shape index (κ1) is 16.5. The van der Waals surface area contributed by atoms with Crippen molar-refractivity contribution in [3.63, 3.8) is 0 Å². The first-order valence-corrected chi connectivity index (χ1v) is 9.30. The molecule has 25 heavy (non-hydrogen) atoms. The predicted octanol–water partition coefficient (Wildman–Crippen LogP) is 2.64. The molecule has 1 unspecified atom stereocenters. The number of likely N-dealkylation sites (N-methyl/N-ethyl adjacent to an activating group) is 1. The molecule has 5 nitrogen and oxygen atoms in total. The number of rotatable bonds is 4. The molecular weight excluding hydrogens is 314 g/mol. The minimum absolute atomic E-state index is 0.282. The molecule has 2 saturated heterocycles. The Hall–Kier alpha value is -2.01. The summed E-state index contributed by atoms with van der Waals surface area (Å²) in [4.78, 5) is 16.1. The van der Waals surface area contributed by atoms with Crippen molar-refractivity contribution < 1.29 is 9.53 Å². The SMILES string of the molecule is CN1C(=O)CCC1CN1CCC(Oc2cccc3c2ccn3C)CC1. The molecule has 0 saturated carbocycles. The van der Waals surface area contributed by atoms with Crippen LogP contribution in [0.5, 0.6) is 5.75 Å². The molecule has 2 fully saturated rings. The number of aromatic nitrogens is 1. The lowest BCUT2D eigenvalue weighted by atomic mass is 10.1. The van der Waals surface area contributed by atoms with Crippen molar-refractivity contribution in [2.45, 2.75) is 37.8 Å². The lowest BCUT2D eigenvalue weighted by Crippen LogP contribution is -2.45. The maximum Gasteiger partial charge on any atom is 0.222 e. The van der Waals surface area contributed by atoms with E-state index in [1.165, 1.54) is 10.9 Å². The van der Waals surface area contributed by atoms with Gasteiger partial charge in [0.05, 0.1) is 5.52 Å². The van der Waals surface area contributed by atoms with E-state index in [1.54, 1.807) is 0 Å². The van der Waals surface area contributed by atoms with Gasteiger partial charge in [0.15, 0.2) is 0 Å². The fourth-order valence-corrected chi connectivity index (χ4v) is 4.14. The summed E-state index contributed by atoms with van der Waals surface area (Å²) in [5.74, 6) is 1.29. The molecule has 2 aromatic rings. The smallest absolute Gasteiger partial charge is 0.222 e. The zero-order valence-electron chi connectivity index (χ0n) is 15.1. The second-order valence-electron chi connectivity index (χ2n) is 7.43. The molecule has 0 N–H and O–H groups in total. The number of amides is 1. The fourth-order valence-electron chi connectivity index (χ4n) is 4.14. The third-order valence-electron chi connectivity index (χ3n) is 5.82. The first-order valence-electron chi connectivity index (χ1n) is 9.30. The Kier molecular flexibility index (Phi) is 4.42. The van der Waals surface area contributed by atoms with Crippen LogP contribution in [0.1, 0.15) is 25.7 Å². The highest BCUT2D eigenvalue weighted by atomic mass is 16.5. The molecule has 1 atom stereocenters. The third kappa shape index (κ3) is 3.25. The van der Waals surface area contributed by atoms with Crippen molar-refractivity contribution in [2.24, 2.45) is 7.05 Å². The summed E-state index contributed by atoms with van der Waals surface area (Å²) in [5.41, 5.74) is 1.21. The zero-order chi connectivity index (χ0) is 17.4. The molecule has 0 bridgehead atoms. The van der Waals surface area contributed by atoms with E-state index in [2.05, 4.69) is 47.0 Å². The van der Waals surface area contributed by atoms with Gasteiger partial charge in [-0.1, -0.05) is 6.07 Å². The van der Waals surface area contributed by atoms with Crippen molar-refractivity contribution in [1.29, 1.82) is 0 Å². The van der Waals surface area contributed by atoms with Gasteiger partial charge in [0.25, 0.3) is 0 Å². The number of hydrogen-bond donors (Lipinski definition) is 0. The van der Waals surface area contributed by atoms with Crippen LogP contribution in [-0.4, -0.2) is 59.1 Å². The number of hydrogen-bond acceptors (Lipinski definition) is 3. The van der Waals surface area contributed by atoms with Crippen molar-refractivity contribution in [1.82, 2.24) is 14.4 Å². The van der Waals surface area contributed by atoms with Gasteiger partial charge in [0.2, 0.25) is 5.91 Å². The molecule has 0 aliphatic carbocycles. The zero-order valence-corrected chi connectivity index (χ0v) is 15.1. The number of fused-ring (bicyclic) bond motifs is 1. The van der Waals surface area contributed by atoms with Gasteiger partial charge in [-0.2, -0.15) is 0 Å². The molecule has 134 valence electrons. The summed E-state index contributed by atoms with van der Waals surface area (Å²) in [5, 5.41) is 1.19. The summed E-state index contributed by atoms with van der Waals surface area (Å²) in [7, 11) is 4.01. The highest BCUT2D eigenvalue weighted by molar-refractivity contribution is 5.86. The maximum atomic E-state index is 11.7. The van der Waals surface area contributed by atoms with Gasteiger partial charge in [-0.05, 0) is 37.5 Å². The first-order chi connectivity index (χ1) is 12.1. The largest absolute Gasteiger partial charge is 0.490 e. The number of likely N-dealkylation sites (tertiary alicyclic amines) is 2. The number of carbonyl (C=O) groups is 1. The lowest BCUT2D eigenvalue weighted by Gasteiger charge is -2.35. The van der Waals surface area contributed by atoms with E-state index in [0.717, 1.165) is 44.6 Å². The van der Waals surface area contributed by atoms with Crippen molar-refractivity contribution >= 4 is 16.8 Å². The Bertz CT molecular complexity index is 761. The van der Waals surface area contributed by atoms with Gasteiger partial charge in [-0.3, -0.25) is 4.79 Å². The van der Waals surface area contributed by atoms with Crippen LogP contribution in [0, 0.1) is 0 Å². The summed E-state index contributed by atoms with van der Waals surface area (Å²) >= 11 is 0. The number of benzene rings is 1. The third-order valence-corrected chi connectivity index (χ3v) is 5.82. The summed E-state index contributed by atoms with van der Waals surface area (Å²) < 4.78 is 8.46. The van der Waals surface area contributed by atoms with Gasteiger partial charge in [-0.25, -0.2) is 0 Å². The van der Waals surface area contributed by atoms with Crippen LogP contribution >= 0.6 is 0 Å². The van der Waals surface area contributed by atoms with E-state index < -0.39 is 0 Å². The summed E-state index contributed by atoms with van der Waals surface area (Å²) in [6.45, 7) is 3.10. The molecule has 2 aliphatic rings. The van der Waals surface area contributed by atoms with E-state index >= 15 is 0 Å². The van der Waals surface area contributed by atoms with Crippen LogP contribution in [0.2, 0.25) is 0 Å². The predicted molar refractivity (Wildman–Crippen MR) is 98.8 cm³/mol. The topological polar surface area (TPSA) is 37.7 Å². The molecule has 0 spiro atoms. The average Bonchev–Trinajstić information content (AvgIpc) is 3.15. The van der Waals surface area contributed by atoms with E-state index in [9.17, 15) is 4.79 Å². The molecule has 3 heterocycles. The van der Waals surface area contributed by atoms with Crippen LogP contribution < -0.4 is 4.74 Å². The maximum absolute atomic E-state index is 11.7. The Morgan fingerprint density at radius 3 is 2.64 bits per heavy atom. The normalized spacial score (nSPS) is 22.9. The molecule has 2 aliphatic heterocycles. The standard InChI is InChI=1S/C20H27N3O2/c1-21-11-10-17-18(21)4-3-5-19(17)25-16-8-12-23(13-9-16)14-15-6-7-20(24)22(15)2/h3-5,10-11,15-16H,6-9,12-14H2,1-2H3. The Morgan fingerprint density at radius 1 is 1.12 bits per heavy atom. The minimum Gasteiger partial charge on any atom is -0.490 e. The number of aryl methyl sites for hydroxylation is 1. The second-order valence-corrected chi connectivity index (χ2v) is 7.43. The number of piperidine rings is 1. The quantitative estimate of drug-likeness (QED) is 0.858. The van der Waals surface area contributed by atoms with Crippen molar-refractivity contribution in [3.05, 3.63) is 30.5 Å². The number of carbonyl (C=O) groups excluding carboxylic acids is 1. The van der Waals surface area contributed by atoms with E-state index in [0.29, 0.717) is 18.4 Å². The van der Waals surface area contributed by atoms with Gasteiger partial charge < -0.3 is 19.1 Å². The minimum atomic E-state index is 0.282. The second kappa shape index (κ2) is 6.71. The van der Waals surface area contributed by atoms with Crippen LogP contribution in [0.3, 0.4) is 0 Å².